The third kappa shape index (κ3) is 15.0. The highest BCUT2D eigenvalue weighted by Crippen LogP contribution is 2.12. The summed E-state index contributed by atoms with van der Waals surface area (Å²) in [5.74, 6) is -3.39. The quantitative estimate of drug-likeness (QED) is 0.0975. The van der Waals surface area contributed by atoms with Crippen LogP contribution in [0.5, 0.6) is 0 Å². The maximum Gasteiger partial charge on any atom is 0.407 e. The molecule has 3 rings (SSSR count). The van der Waals surface area contributed by atoms with E-state index in [9.17, 15) is 34.2 Å². The van der Waals surface area contributed by atoms with Gasteiger partial charge >= 0.3 is 12.1 Å². The number of benzene rings is 3. The molecule has 13 heteroatoms. The van der Waals surface area contributed by atoms with E-state index >= 15 is 0 Å². The summed E-state index contributed by atoms with van der Waals surface area (Å²) in [5, 5.41) is 31.8. The molecule has 3 aromatic rings. The van der Waals surface area contributed by atoms with Crippen molar-refractivity contribution in [3.63, 3.8) is 0 Å². The molecule has 0 bridgehead atoms. The Morgan fingerprint density at radius 1 is 0.686 bits per heavy atom. The third-order valence-corrected chi connectivity index (χ3v) is 7.86. The second kappa shape index (κ2) is 19.8. The number of aliphatic hydroxyl groups is 1. The van der Waals surface area contributed by atoms with E-state index in [2.05, 4.69) is 21.3 Å². The number of alkyl carbamates (subject to hydrolysis) is 1. The summed E-state index contributed by atoms with van der Waals surface area (Å²) in [4.78, 5) is 63.8. The molecule has 0 spiro atoms. The number of carbonyl (C=O) groups is 5. The minimum Gasteiger partial charge on any atom is -0.481 e. The predicted octanol–water partition coefficient (Wildman–Crippen LogP) is 2.25. The van der Waals surface area contributed by atoms with E-state index < -0.39 is 72.1 Å². The molecule has 0 fully saturated rings. The van der Waals surface area contributed by atoms with Crippen molar-refractivity contribution in [1.29, 1.82) is 0 Å². The van der Waals surface area contributed by atoms with Gasteiger partial charge in [0.25, 0.3) is 0 Å². The number of aliphatic hydroxyl groups excluding tert-OH is 1. The Kier molecular flexibility index (Phi) is 15.6. The highest BCUT2D eigenvalue weighted by Gasteiger charge is 2.31. The normalized spacial score (nSPS) is 14.2. The van der Waals surface area contributed by atoms with Gasteiger partial charge in [-0.1, -0.05) is 91.0 Å². The zero-order valence-corrected chi connectivity index (χ0v) is 29.2. The fraction of sp³-hybridized carbons (Fsp3) is 0.395. The topological polar surface area (TPSA) is 209 Å². The Bertz CT molecular complexity index is 1570. The molecule has 0 radical (unpaired) electrons. The number of nitrogens with one attached hydrogen (secondary N) is 4. The zero-order valence-electron chi connectivity index (χ0n) is 29.2. The number of carboxylic acids is 1. The summed E-state index contributed by atoms with van der Waals surface area (Å²) in [7, 11) is 0. The van der Waals surface area contributed by atoms with Crippen LogP contribution in [0.1, 0.15) is 50.3 Å². The number of carboxylic acid groups (broad SMARTS) is 1. The van der Waals surface area contributed by atoms with Crippen LogP contribution in [0.3, 0.4) is 0 Å². The van der Waals surface area contributed by atoms with Crippen LogP contribution >= 0.6 is 0 Å². The monoisotopic (exact) mass is 703 g/mol. The van der Waals surface area contributed by atoms with Gasteiger partial charge < -0.3 is 42.0 Å². The lowest BCUT2D eigenvalue weighted by molar-refractivity contribution is -0.138. The van der Waals surface area contributed by atoms with Crippen molar-refractivity contribution in [2.45, 2.75) is 88.7 Å². The molecule has 3 aromatic carbocycles. The summed E-state index contributed by atoms with van der Waals surface area (Å²) >= 11 is 0. The zero-order chi connectivity index (χ0) is 37.4. The molecule has 5 atom stereocenters. The van der Waals surface area contributed by atoms with Gasteiger partial charge in [0.15, 0.2) is 0 Å². The van der Waals surface area contributed by atoms with Crippen LogP contribution < -0.4 is 27.0 Å². The summed E-state index contributed by atoms with van der Waals surface area (Å²) < 4.78 is 5.43. The average Bonchev–Trinajstić information content (AvgIpc) is 3.08. The van der Waals surface area contributed by atoms with E-state index in [0.29, 0.717) is 0 Å². The molecule has 0 saturated carbocycles. The molecule has 4 amide bonds. The highest BCUT2D eigenvalue weighted by atomic mass is 16.6. The first-order valence-electron chi connectivity index (χ1n) is 16.8. The SMILES string of the molecule is CC(C)(C)OC(=O)N[C@@H](Cc1ccccc1)[C@H](O)CN[C@@H](Cc1ccccc1)C(=O)N[C@@H](CCC(=O)O)C(=O)N[C@@H](Cc1ccccc1)C(N)=O. The Labute approximate surface area is 298 Å². The van der Waals surface area contributed by atoms with Crippen LogP contribution in [0.25, 0.3) is 0 Å². The standard InChI is InChI=1S/C38H49N5O8/c1-38(2,3)51-37(50)43-29(21-25-13-7-4-8-14-25)32(44)24-40-31(23-27-17-11-6-12-18-27)36(49)41-28(19-20-33(45)46)35(48)42-30(34(39)47)22-26-15-9-5-10-16-26/h4-18,28-32,40,44H,19-24H2,1-3H3,(H2,39,47)(H,41,49)(H,42,48)(H,43,50)(H,45,46)/t28-,29-,30-,31-,32+/m0/s1. The number of hydrogen-bond acceptors (Lipinski definition) is 8. The van der Waals surface area contributed by atoms with Gasteiger partial charge in [-0.3, -0.25) is 19.2 Å². The molecular weight excluding hydrogens is 654 g/mol. The first-order valence-corrected chi connectivity index (χ1v) is 16.8. The molecule has 51 heavy (non-hydrogen) atoms. The minimum atomic E-state index is -1.32. The van der Waals surface area contributed by atoms with Crippen molar-refractivity contribution < 1.29 is 38.9 Å². The molecule has 0 heterocycles. The van der Waals surface area contributed by atoms with Crippen LogP contribution in [0.2, 0.25) is 0 Å². The Balaban J connectivity index is 1.80. The number of hydrogen-bond donors (Lipinski definition) is 7. The summed E-state index contributed by atoms with van der Waals surface area (Å²) in [5.41, 5.74) is 7.18. The van der Waals surface area contributed by atoms with Gasteiger partial charge in [-0.25, -0.2) is 4.79 Å². The van der Waals surface area contributed by atoms with Crippen LogP contribution in [-0.2, 0) is 43.2 Å². The minimum absolute atomic E-state index is 0.0963. The van der Waals surface area contributed by atoms with Gasteiger partial charge in [0.1, 0.15) is 17.7 Å². The Hall–Kier alpha value is -5.27. The van der Waals surface area contributed by atoms with E-state index in [1.54, 1.807) is 63.2 Å². The molecule has 0 unspecified atom stereocenters. The van der Waals surface area contributed by atoms with Gasteiger partial charge in [-0.05, 0) is 56.7 Å². The average molecular weight is 704 g/mol. The van der Waals surface area contributed by atoms with Crippen molar-refractivity contribution in [1.82, 2.24) is 21.3 Å². The van der Waals surface area contributed by atoms with Gasteiger partial charge in [-0.15, -0.1) is 0 Å². The fourth-order valence-electron chi connectivity index (χ4n) is 5.28. The third-order valence-electron chi connectivity index (χ3n) is 7.86. The number of nitrogens with two attached hydrogens (primary N) is 1. The molecule has 0 aliphatic heterocycles. The first-order chi connectivity index (χ1) is 24.2. The molecule has 0 aliphatic carbocycles. The molecule has 0 aliphatic rings. The van der Waals surface area contributed by atoms with E-state index in [0.717, 1.165) is 16.7 Å². The molecule has 8 N–H and O–H groups in total. The number of aliphatic carboxylic acids is 1. The Morgan fingerprint density at radius 2 is 1.14 bits per heavy atom. The summed E-state index contributed by atoms with van der Waals surface area (Å²) in [6, 6.07) is 23.0. The molecule has 274 valence electrons. The lowest BCUT2D eigenvalue weighted by atomic mass is 10.00. The van der Waals surface area contributed by atoms with Gasteiger partial charge in [-0.2, -0.15) is 0 Å². The molecule has 0 saturated heterocycles. The van der Waals surface area contributed by atoms with E-state index in [-0.39, 0.29) is 32.2 Å². The lowest BCUT2D eigenvalue weighted by Gasteiger charge is -2.29. The Morgan fingerprint density at radius 3 is 1.61 bits per heavy atom. The maximum atomic E-state index is 13.9. The van der Waals surface area contributed by atoms with Crippen LogP contribution in [0.15, 0.2) is 91.0 Å². The second-order valence-corrected chi connectivity index (χ2v) is 13.3. The van der Waals surface area contributed by atoms with Gasteiger partial charge in [0.05, 0.1) is 18.2 Å². The summed E-state index contributed by atoms with van der Waals surface area (Å²) in [6.45, 7) is 5.03. The van der Waals surface area contributed by atoms with E-state index in [4.69, 9.17) is 10.5 Å². The number of primary amides is 1. The predicted molar refractivity (Wildman–Crippen MR) is 191 cm³/mol. The number of carbonyl (C=O) groups excluding carboxylic acids is 4. The van der Waals surface area contributed by atoms with Crippen molar-refractivity contribution >= 4 is 29.8 Å². The van der Waals surface area contributed by atoms with Gasteiger partial charge in [0.2, 0.25) is 17.7 Å². The van der Waals surface area contributed by atoms with Crippen molar-refractivity contribution in [2.24, 2.45) is 5.73 Å². The highest BCUT2D eigenvalue weighted by molar-refractivity contribution is 5.93. The number of ether oxygens (including phenoxy) is 1. The molecule has 0 aromatic heterocycles. The van der Waals surface area contributed by atoms with E-state index in [1.165, 1.54) is 0 Å². The second-order valence-electron chi connectivity index (χ2n) is 13.3. The largest absolute Gasteiger partial charge is 0.481 e. The van der Waals surface area contributed by atoms with Gasteiger partial charge in [0, 0.05) is 19.4 Å². The first kappa shape index (κ1) is 40.2. The van der Waals surface area contributed by atoms with Crippen LogP contribution in [0, 0.1) is 0 Å². The summed E-state index contributed by atoms with van der Waals surface area (Å²) in [6.07, 6.45) is -2.10. The van der Waals surface area contributed by atoms with Crippen LogP contribution in [-0.4, -0.2) is 82.4 Å². The smallest absolute Gasteiger partial charge is 0.407 e. The molecule has 13 nitrogen and oxygen atoms in total. The number of amides is 4. The molecular formula is C38H49N5O8. The van der Waals surface area contributed by atoms with Crippen LogP contribution in [0.4, 0.5) is 4.79 Å². The van der Waals surface area contributed by atoms with E-state index in [1.807, 2.05) is 48.5 Å². The van der Waals surface area contributed by atoms with Crippen molar-refractivity contribution in [3.05, 3.63) is 108 Å². The lowest BCUT2D eigenvalue weighted by Crippen LogP contribution is -2.58. The van der Waals surface area contributed by atoms with Crippen molar-refractivity contribution in [3.8, 4) is 0 Å². The van der Waals surface area contributed by atoms with Crippen molar-refractivity contribution in [2.75, 3.05) is 6.54 Å². The fourth-order valence-corrected chi connectivity index (χ4v) is 5.28. The number of rotatable bonds is 19. The maximum absolute atomic E-state index is 13.9.